The fourth-order valence-electron chi connectivity index (χ4n) is 2.63. The van der Waals surface area contributed by atoms with Crippen LogP contribution in [-0.2, 0) is 4.74 Å². The van der Waals surface area contributed by atoms with Crippen LogP contribution in [0.25, 0.3) is 0 Å². The van der Waals surface area contributed by atoms with E-state index in [1.54, 1.807) is 31.3 Å². The largest absolute Gasteiger partial charge is 0.495 e. The maximum atomic E-state index is 12.9. The molecule has 1 fully saturated rings. The summed E-state index contributed by atoms with van der Waals surface area (Å²) in [4.78, 5) is 22.8. The molecule has 3 rings (SSSR count). The van der Waals surface area contributed by atoms with E-state index in [0.717, 1.165) is 0 Å². The number of halogens is 1. The summed E-state index contributed by atoms with van der Waals surface area (Å²) in [5, 5.41) is 3.04. The third-order valence-electron chi connectivity index (χ3n) is 4.02. The molecule has 1 aliphatic heterocycles. The molecule has 1 unspecified atom stereocenters. The highest BCUT2D eigenvalue weighted by atomic mass is 79.9. The van der Waals surface area contributed by atoms with Gasteiger partial charge in [-0.25, -0.2) is 4.98 Å². The van der Waals surface area contributed by atoms with Gasteiger partial charge >= 0.3 is 0 Å². The predicted molar refractivity (Wildman–Crippen MR) is 104 cm³/mol. The number of carbonyl (C=O) groups excluding carboxylic acids is 1. The van der Waals surface area contributed by atoms with Gasteiger partial charge in [0.05, 0.1) is 52.5 Å². The zero-order chi connectivity index (χ0) is 21.2. The van der Waals surface area contributed by atoms with E-state index in [0.29, 0.717) is 39.8 Å². The van der Waals surface area contributed by atoms with Crippen molar-refractivity contribution in [2.75, 3.05) is 39.2 Å². The van der Waals surface area contributed by atoms with Gasteiger partial charge in [0, 0.05) is 12.1 Å². The number of rotatable bonds is 5. The van der Waals surface area contributed by atoms with Crippen molar-refractivity contribution >= 4 is 33.5 Å². The van der Waals surface area contributed by atoms with Gasteiger partial charge < -0.3 is 24.4 Å². The molecule has 1 aromatic heterocycles. The lowest BCUT2D eigenvalue weighted by atomic mass is 10.1. The highest BCUT2D eigenvalue weighted by Crippen LogP contribution is 2.30. The molecular formula is C18H21BrN4O4. The van der Waals surface area contributed by atoms with Crippen LogP contribution in [-0.4, -0.2) is 60.7 Å². The van der Waals surface area contributed by atoms with E-state index in [-0.39, 0.29) is 12.5 Å². The summed E-state index contributed by atoms with van der Waals surface area (Å²) in [6.07, 6.45) is 1.56. The summed E-state index contributed by atoms with van der Waals surface area (Å²) in [6.45, 7) is 0.191. The molecular weight excluding hydrogens is 416 g/mol. The van der Waals surface area contributed by atoms with E-state index in [4.69, 9.17) is 17.0 Å². The molecule has 0 radical (unpaired) electrons. The summed E-state index contributed by atoms with van der Waals surface area (Å²) in [7, 11) is 3.00. The van der Waals surface area contributed by atoms with Gasteiger partial charge in [-0.05, 0) is 41.1 Å². The average molecular weight is 439 g/mol. The number of hydrogen-bond donors (Lipinski definition) is 1. The van der Waals surface area contributed by atoms with Gasteiger partial charge in [-0.15, -0.1) is 0 Å². The maximum Gasteiger partial charge on any atom is 0.254 e. The minimum absolute atomic E-state index is 0.141. The van der Waals surface area contributed by atoms with Gasteiger partial charge in [0.15, 0.2) is 0 Å². The maximum absolute atomic E-state index is 12.9. The zero-order valence-corrected chi connectivity index (χ0v) is 16.7. The number of benzene rings is 1. The second kappa shape index (κ2) is 8.53. The Hall–Kier alpha value is -2.39. The van der Waals surface area contributed by atoms with Crippen molar-refractivity contribution in [2.45, 2.75) is 13.0 Å². The summed E-state index contributed by atoms with van der Waals surface area (Å²) >= 11 is 3.30. The molecule has 144 valence electrons. The van der Waals surface area contributed by atoms with E-state index in [1.807, 2.05) is 0 Å². The van der Waals surface area contributed by atoms with Crippen LogP contribution in [0.5, 0.6) is 11.6 Å². The smallest absolute Gasteiger partial charge is 0.254 e. The molecule has 9 heteroatoms. The molecule has 27 heavy (non-hydrogen) atoms. The molecule has 1 aliphatic rings. The summed E-state index contributed by atoms with van der Waals surface area (Å²) < 4.78 is 32.1. The first-order valence-electron chi connectivity index (χ1n) is 9.23. The van der Waals surface area contributed by atoms with Crippen molar-refractivity contribution in [3.05, 3.63) is 34.4 Å². The predicted octanol–water partition coefficient (Wildman–Crippen LogP) is 2.86. The van der Waals surface area contributed by atoms with Gasteiger partial charge in [0.25, 0.3) is 5.91 Å². The lowest BCUT2D eigenvalue weighted by Gasteiger charge is -2.33. The Labute approximate surface area is 168 Å². The molecule has 0 spiro atoms. The first-order chi connectivity index (χ1) is 13.8. The number of morpholine rings is 1. The van der Waals surface area contributed by atoms with Crippen LogP contribution in [0.3, 0.4) is 0 Å². The Kier molecular flexibility index (Phi) is 5.30. The Morgan fingerprint density at radius 2 is 2.26 bits per heavy atom. The third kappa shape index (κ3) is 4.30. The van der Waals surface area contributed by atoms with Crippen LogP contribution in [0.4, 0.5) is 11.6 Å². The van der Waals surface area contributed by atoms with E-state index >= 15 is 0 Å². The number of nitrogens with zero attached hydrogens (tertiary/aromatic N) is 3. The number of hydrogen-bond acceptors (Lipinski definition) is 7. The molecule has 8 nitrogen and oxygen atoms in total. The molecule has 0 aliphatic carbocycles. The fraction of sp³-hybridized carbons (Fsp3) is 0.389. The highest BCUT2D eigenvalue weighted by Gasteiger charge is 2.25. The number of amides is 1. The van der Waals surface area contributed by atoms with Crippen molar-refractivity contribution in [1.82, 2.24) is 14.9 Å². The molecule has 1 aromatic carbocycles. The van der Waals surface area contributed by atoms with Crippen molar-refractivity contribution in [3.63, 3.8) is 0 Å². The standard InChI is InChI=1S/C18H21BrN4O4/c1-11-10-27-7-6-23(11)17(24)12-4-5-14(15(8-12)25-2)21-18-20-9-13(19)16(22-18)26-3/h4-5,8-9,11H,6-7,10H2,1-3H3,(H,20,21,22)/i10D2. The molecule has 1 N–H and O–H groups in total. The lowest BCUT2D eigenvalue weighted by molar-refractivity contribution is 0.00358. The zero-order valence-electron chi connectivity index (χ0n) is 17.2. The van der Waals surface area contributed by atoms with Crippen LogP contribution in [0, 0.1) is 0 Å². The Balaban J connectivity index is 1.84. The fourth-order valence-corrected chi connectivity index (χ4v) is 2.98. The molecule has 0 bridgehead atoms. The number of nitrogens with one attached hydrogen (secondary N) is 1. The molecule has 2 aromatic rings. The van der Waals surface area contributed by atoms with Crippen LogP contribution in [0.15, 0.2) is 28.9 Å². The van der Waals surface area contributed by atoms with E-state index in [2.05, 4.69) is 31.2 Å². The van der Waals surface area contributed by atoms with Gasteiger partial charge in [-0.3, -0.25) is 4.79 Å². The van der Waals surface area contributed by atoms with Gasteiger partial charge in [-0.2, -0.15) is 4.98 Å². The normalized spacial score (nSPS) is 19.7. The Morgan fingerprint density at radius 1 is 1.44 bits per heavy atom. The second-order valence-corrected chi connectivity index (χ2v) is 6.59. The molecule has 1 saturated heterocycles. The molecule has 0 saturated carbocycles. The number of aromatic nitrogens is 2. The van der Waals surface area contributed by atoms with Crippen LogP contribution in [0.2, 0.25) is 0 Å². The van der Waals surface area contributed by atoms with Crippen molar-refractivity contribution < 1.29 is 21.7 Å². The summed E-state index contributed by atoms with van der Waals surface area (Å²) in [6, 6.07) is 4.21. The number of ether oxygens (including phenoxy) is 3. The second-order valence-electron chi connectivity index (χ2n) is 5.73. The quantitative estimate of drug-likeness (QED) is 0.767. The molecule has 1 amide bonds. The highest BCUT2D eigenvalue weighted by molar-refractivity contribution is 9.10. The summed E-state index contributed by atoms with van der Waals surface area (Å²) in [5.74, 6) is 0.808. The lowest BCUT2D eigenvalue weighted by Crippen LogP contribution is -2.47. The SMILES string of the molecule is [2H]C1([2H])OCCN(C(=O)c2ccc(Nc3ncc(Br)c(OC)n3)c(OC)c2)C1C. The molecule has 2 heterocycles. The van der Waals surface area contributed by atoms with Crippen LogP contribution < -0.4 is 14.8 Å². The number of methoxy groups -OCH3 is 2. The van der Waals surface area contributed by atoms with E-state index < -0.39 is 12.6 Å². The van der Waals surface area contributed by atoms with Gasteiger partial charge in [-0.1, -0.05) is 0 Å². The van der Waals surface area contributed by atoms with Crippen LogP contribution in [0.1, 0.15) is 20.0 Å². The van der Waals surface area contributed by atoms with Gasteiger partial charge in [0.2, 0.25) is 11.8 Å². The first kappa shape index (κ1) is 16.8. The third-order valence-corrected chi connectivity index (χ3v) is 4.56. The Morgan fingerprint density at radius 3 is 3.00 bits per heavy atom. The average Bonchev–Trinajstić information content (AvgIpc) is 2.71. The van der Waals surface area contributed by atoms with Crippen molar-refractivity contribution in [2.24, 2.45) is 0 Å². The summed E-state index contributed by atoms with van der Waals surface area (Å²) in [5.41, 5.74) is 0.949. The van der Waals surface area contributed by atoms with Crippen LogP contribution >= 0.6 is 15.9 Å². The topological polar surface area (TPSA) is 85.8 Å². The van der Waals surface area contributed by atoms with Crippen molar-refractivity contribution in [1.29, 1.82) is 0 Å². The number of carbonyl (C=O) groups is 1. The minimum Gasteiger partial charge on any atom is -0.495 e. The number of anilines is 2. The van der Waals surface area contributed by atoms with Gasteiger partial charge in [0.1, 0.15) is 5.75 Å². The Bertz CT molecular complexity index is 915. The van der Waals surface area contributed by atoms with E-state index in [1.165, 1.54) is 19.1 Å². The van der Waals surface area contributed by atoms with Crippen molar-refractivity contribution in [3.8, 4) is 11.6 Å². The first-order valence-corrected chi connectivity index (χ1v) is 9.02. The molecule has 1 atom stereocenters. The van der Waals surface area contributed by atoms with E-state index in [9.17, 15) is 4.79 Å². The monoisotopic (exact) mass is 438 g/mol. The minimum atomic E-state index is -1.89.